The van der Waals surface area contributed by atoms with Gasteiger partial charge >= 0.3 is 0 Å². The number of hydrogen-bond donors (Lipinski definition) is 2. The molecule has 2 aromatic rings. The van der Waals surface area contributed by atoms with Gasteiger partial charge in [0.2, 0.25) is 0 Å². The normalized spacial score (nSPS) is 13.0. The average molecular weight is 331 g/mol. The van der Waals surface area contributed by atoms with Gasteiger partial charge in [-0.3, -0.25) is 9.59 Å². The van der Waals surface area contributed by atoms with Gasteiger partial charge in [0.1, 0.15) is 5.75 Å². The fraction of sp³-hybridized carbons (Fsp3) is 0.176. The second-order valence-corrected chi connectivity index (χ2v) is 5.57. The Bertz CT molecular complexity index is 761. The Morgan fingerprint density at radius 2 is 2.09 bits per heavy atom. The largest absolute Gasteiger partial charge is 0.483 e. The third-order valence-corrected chi connectivity index (χ3v) is 3.74. The fourth-order valence-corrected chi connectivity index (χ4v) is 2.66. The summed E-state index contributed by atoms with van der Waals surface area (Å²) in [5, 5.41) is 6.04. The zero-order valence-corrected chi connectivity index (χ0v) is 13.0. The zero-order chi connectivity index (χ0) is 16.2. The summed E-state index contributed by atoms with van der Waals surface area (Å²) < 4.78 is 5.59. The van der Waals surface area contributed by atoms with Crippen LogP contribution in [0.1, 0.15) is 15.9 Å². The van der Waals surface area contributed by atoms with Crippen LogP contribution in [0.25, 0.3) is 0 Å². The first kappa shape index (κ1) is 15.4. The number of rotatable bonds is 4. The monoisotopic (exact) mass is 330 g/mol. The van der Waals surface area contributed by atoms with Gasteiger partial charge in [0.25, 0.3) is 11.8 Å². The molecule has 6 heteroatoms. The molecule has 0 spiro atoms. The Morgan fingerprint density at radius 3 is 2.91 bits per heavy atom. The van der Waals surface area contributed by atoms with E-state index < -0.39 is 0 Å². The molecule has 0 aliphatic carbocycles. The smallest absolute Gasteiger partial charge is 0.262 e. The molecule has 5 nitrogen and oxygen atoms in total. The van der Waals surface area contributed by atoms with E-state index >= 15 is 0 Å². The minimum atomic E-state index is -0.287. The van der Waals surface area contributed by atoms with E-state index in [2.05, 4.69) is 10.6 Å². The number of nitrogens with one attached hydrogen (secondary N) is 2. The summed E-state index contributed by atoms with van der Waals surface area (Å²) in [5.74, 6) is 0.170. The van der Waals surface area contributed by atoms with Crippen LogP contribution in [0.3, 0.4) is 0 Å². The molecule has 2 amide bonds. The molecule has 0 saturated carbocycles. The van der Waals surface area contributed by atoms with Gasteiger partial charge in [-0.05, 0) is 36.8 Å². The van der Waals surface area contributed by atoms with E-state index in [1.807, 2.05) is 0 Å². The van der Waals surface area contributed by atoms with Crippen molar-refractivity contribution in [2.75, 3.05) is 18.5 Å². The van der Waals surface area contributed by atoms with E-state index in [4.69, 9.17) is 16.3 Å². The summed E-state index contributed by atoms with van der Waals surface area (Å²) in [5.41, 5.74) is 2.05. The summed E-state index contributed by atoms with van der Waals surface area (Å²) in [6, 6.07) is 12.2. The molecule has 0 saturated heterocycles. The van der Waals surface area contributed by atoms with E-state index in [1.165, 1.54) is 0 Å². The third kappa shape index (κ3) is 3.63. The molecule has 3 rings (SSSR count). The molecule has 0 fully saturated rings. The number of hydrogen-bond acceptors (Lipinski definition) is 3. The summed E-state index contributed by atoms with van der Waals surface area (Å²) in [4.78, 5) is 23.8. The topological polar surface area (TPSA) is 67.4 Å². The maximum absolute atomic E-state index is 12.0. The van der Waals surface area contributed by atoms with Crippen LogP contribution in [-0.4, -0.2) is 25.0 Å². The molecule has 0 aromatic heterocycles. The maximum atomic E-state index is 12.0. The standard InChI is InChI=1S/C17H15ClN2O3/c18-11-3-1-4-12(9-11)20-16(21)10-23-15-6-2-5-14-13(15)7-8-19-17(14)22/h1-6,9H,7-8,10H2,(H,19,22)(H,20,21). The number of carbonyl (C=O) groups is 2. The molecule has 1 aliphatic heterocycles. The molecule has 1 aliphatic rings. The van der Waals surface area contributed by atoms with Crippen LogP contribution < -0.4 is 15.4 Å². The maximum Gasteiger partial charge on any atom is 0.262 e. The van der Waals surface area contributed by atoms with Crippen molar-refractivity contribution in [1.29, 1.82) is 0 Å². The summed E-state index contributed by atoms with van der Waals surface area (Å²) >= 11 is 5.87. The second-order valence-electron chi connectivity index (χ2n) is 5.14. The lowest BCUT2D eigenvalue weighted by atomic mass is 9.99. The molecule has 0 bridgehead atoms. The quantitative estimate of drug-likeness (QED) is 0.905. The van der Waals surface area contributed by atoms with Crippen molar-refractivity contribution in [3.63, 3.8) is 0 Å². The number of ether oxygens (including phenoxy) is 1. The Hall–Kier alpha value is -2.53. The van der Waals surface area contributed by atoms with Gasteiger partial charge in [-0.15, -0.1) is 0 Å². The predicted octanol–water partition coefficient (Wildman–Crippen LogP) is 2.64. The number of fused-ring (bicyclic) bond motifs is 1. The van der Waals surface area contributed by atoms with Gasteiger partial charge in [-0.1, -0.05) is 23.7 Å². The molecule has 23 heavy (non-hydrogen) atoms. The van der Waals surface area contributed by atoms with Crippen molar-refractivity contribution in [1.82, 2.24) is 5.32 Å². The summed E-state index contributed by atoms with van der Waals surface area (Å²) in [6.45, 7) is 0.436. The van der Waals surface area contributed by atoms with E-state index in [1.54, 1.807) is 42.5 Å². The zero-order valence-electron chi connectivity index (χ0n) is 12.3. The Labute approximate surface area is 138 Å². The number of anilines is 1. The predicted molar refractivity (Wildman–Crippen MR) is 88.1 cm³/mol. The van der Waals surface area contributed by atoms with Crippen LogP contribution in [0, 0.1) is 0 Å². The van der Waals surface area contributed by atoms with E-state index in [0.717, 1.165) is 5.56 Å². The van der Waals surface area contributed by atoms with E-state index in [-0.39, 0.29) is 18.4 Å². The van der Waals surface area contributed by atoms with Crippen molar-refractivity contribution in [3.8, 4) is 5.75 Å². The molecule has 0 unspecified atom stereocenters. The van der Waals surface area contributed by atoms with Crippen molar-refractivity contribution in [2.24, 2.45) is 0 Å². The Balaban J connectivity index is 1.66. The van der Waals surface area contributed by atoms with Crippen LogP contribution in [0.5, 0.6) is 5.75 Å². The van der Waals surface area contributed by atoms with Crippen LogP contribution in [0.2, 0.25) is 5.02 Å². The Kier molecular flexibility index (Phi) is 4.48. The first-order valence-corrected chi connectivity index (χ1v) is 7.59. The van der Waals surface area contributed by atoms with Gasteiger partial charge in [-0.25, -0.2) is 0 Å². The molecule has 2 N–H and O–H groups in total. The van der Waals surface area contributed by atoms with E-state index in [0.29, 0.717) is 35.0 Å². The molecule has 2 aromatic carbocycles. The molecular weight excluding hydrogens is 316 g/mol. The lowest BCUT2D eigenvalue weighted by molar-refractivity contribution is -0.118. The second kappa shape index (κ2) is 6.71. The van der Waals surface area contributed by atoms with Gasteiger partial charge in [0.05, 0.1) is 0 Å². The number of benzene rings is 2. The van der Waals surface area contributed by atoms with Crippen LogP contribution in [0.15, 0.2) is 42.5 Å². The van der Waals surface area contributed by atoms with Crippen LogP contribution >= 0.6 is 11.6 Å². The molecular formula is C17H15ClN2O3. The number of carbonyl (C=O) groups excluding carboxylic acids is 2. The molecule has 118 valence electrons. The lowest BCUT2D eigenvalue weighted by Gasteiger charge is -2.19. The van der Waals surface area contributed by atoms with Crippen molar-refractivity contribution in [3.05, 3.63) is 58.6 Å². The summed E-state index contributed by atoms with van der Waals surface area (Å²) in [7, 11) is 0. The first-order chi connectivity index (χ1) is 11.1. The lowest BCUT2D eigenvalue weighted by Crippen LogP contribution is -2.32. The minimum absolute atomic E-state index is 0.111. The van der Waals surface area contributed by atoms with Gasteiger partial charge in [-0.2, -0.15) is 0 Å². The van der Waals surface area contributed by atoms with Crippen molar-refractivity contribution < 1.29 is 14.3 Å². The van der Waals surface area contributed by atoms with Crippen molar-refractivity contribution in [2.45, 2.75) is 6.42 Å². The van der Waals surface area contributed by atoms with Gasteiger partial charge in [0, 0.05) is 28.4 Å². The van der Waals surface area contributed by atoms with Crippen LogP contribution in [0.4, 0.5) is 5.69 Å². The Morgan fingerprint density at radius 1 is 1.26 bits per heavy atom. The molecule has 1 heterocycles. The number of halogens is 1. The van der Waals surface area contributed by atoms with Crippen LogP contribution in [-0.2, 0) is 11.2 Å². The van der Waals surface area contributed by atoms with Gasteiger partial charge < -0.3 is 15.4 Å². The molecule has 0 atom stereocenters. The number of amides is 2. The van der Waals surface area contributed by atoms with Crippen molar-refractivity contribution >= 4 is 29.1 Å². The average Bonchev–Trinajstić information content (AvgIpc) is 2.53. The highest BCUT2D eigenvalue weighted by molar-refractivity contribution is 6.30. The highest BCUT2D eigenvalue weighted by Crippen LogP contribution is 2.25. The SMILES string of the molecule is O=C(COc1cccc2c1CCNC2=O)Nc1cccc(Cl)c1. The highest BCUT2D eigenvalue weighted by Gasteiger charge is 2.20. The highest BCUT2D eigenvalue weighted by atomic mass is 35.5. The third-order valence-electron chi connectivity index (χ3n) is 3.51. The fourth-order valence-electron chi connectivity index (χ4n) is 2.47. The minimum Gasteiger partial charge on any atom is -0.483 e. The summed E-state index contributed by atoms with van der Waals surface area (Å²) in [6.07, 6.45) is 0.688. The van der Waals surface area contributed by atoms with Gasteiger partial charge in [0.15, 0.2) is 6.61 Å². The first-order valence-electron chi connectivity index (χ1n) is 7.22. The van der Waals surface area contributed by atoms with E-state index in [9.17, 15) is 9.59 Å². The molecule has 0 radical (unpaired) electrons.